The molecule has 1 rings (SSSR count). The van der Waals surface area contributed by atoms with E-state index in [0.29, 0.717) is 0 Å². The first kappa shape index (κ1) is 13.0. The Labute approximate surface area is 95.6 Å². The Morgan fingerprint density at radius 2 is 1.87 bits per heavy atom. The molecule has 15 heavy (non-hydrogen) atoms. The van der Waals surface area contributed by atoms with Crippen LogP contribution < -0.4 is 0 Å². The zero-order chi connectivity index (χ0) is 11.4. The number of hydrogen-bond acceptors (Lipinski definition) is 1. The molecule has 1 nitrogen and oxygen atoms in total. The number of rotatable bonds is 5. The van der Waals surface area contributed by atoms with Gasteiger partial charge >= 0.3 is 0 Å². The first-order valence-electron chi connectivity index (χ1n) is 6.31. The van der Waals surface area contributed by atoms with E-state index < -0.39 is 8.07 Å². The molecule has 1 aliphatic rings. The zero-order valence-electron chi connectivity index (χ0n) is 10.4. The molecular weight excluding hydrogens is 200 g/mol. The second-order valence-corrected chi connectivity index (χ2v) is 11.2. The fourth-order valence-corrected chi connectivity index (χ4v) is 4.65. The Balaban J connectivity index is 2.37. The Kier molecular flexibility index (Phi) is 4.59. The molecule has 1 aliphatic carbocycles. The van der Waals surface area contributed by atoms with Crippen molar-refractivity contribution in [1.82, 2.24) is 0 Å². The molecule has 88 valence electrons. The standard InChI is InChI=1S/C13H26OSi/c1-4-11-15(2,3)12-10-13(14)8-6-5-7-9-13/h4,14H,1,5-12H2,2-3H3. The molecule has 1 fully saturated rings. The van der Waals surface area contributed by atoms with Gasteiger partial charge in [0.05, 0.1) is 13.7 Å². The quantitative estimate of drug-likeness (QED) is 0.555. The van der Waals surface area contributed by atoms with Crippen molar-refractivity contribution in [2.45, 2.75) is 69.3 Å². The van der Waals surface area contributed by atoms with Crippen LogP contribution in [-0.4, -0.2) is 18.8 Å². The molecule has 0 radical (unpaired) electrons. The van der Waals surface area contributed by atoms with Gasteiger partial charge in [0.1, 0.15) is 0 Å². The Morgan fingerprint density at radius 1 is 1.27 bits per heavy atom. The zero-order valence-corrected chi connectivity index (χ0v) is 11.4. The van der Waals surface area contributed by atoms with Crippen LogP contribution in [0.25, 0.3) is 0 Å². The lowest BCUT2D eigenvalue weighted by molar-refractivity contribution is 0.000389. The minimum absolute atomic E-state index is 0.316. The summed E-state index contributed by atoms with van der Waals surface area (Å²) in [6.07, 6.45) is 8.91. The highest BCUT2D eigenvalue weighted by molar-refractivity contribution is 6.77. The maximum atomic E-state index is 10.4. The van der Waals surface area contributed by atoms with E-state index in [9.17, 15) is 5.11 Å². The average molecular weight is 226 g/mol. The fraction of sp³-hybridized carbons (Fsp3) is 0.846. The number of allylic oxidation sites excluding steroid dienone is 1. The van der Waals surface area contributed by atoms with Crippen molar-refractivity contribution in [2.24, 2.45) is 0 Å². The van der Waals surface area contributed by atoms with Crippen molar-refractivity contribution < 1.29 is 5.11 Å². The van der Waals surface area contributed by atoms with Crippen molar-refractivity contribution in [1.29, 1.82) is 0 Å². The Morgan fingerprint density at radius 3 is 2.40 bits per heavy atom. The lowest BCUT2D eigenvalue weighted by Crippen LogP contribution is -2.35. The summed E-state index contributed by atoms with van der Waals surface area (Å²) < 4.78 is 0. The van der Waals surface area contributed by atoms with Gasteiger partial charge in [0.25, 0.3) is 0 Å². The monoisotopic (exact) mass is 226 g/mol. The van der Waals surface area contributed by atoms with Gasteiger partial charge in [-0.15, -0.1) is 6.58 Å². The van der Waals surface area contributed by atoms with Crippen LogP contribution in [0.4, 0.5) is 0 Å². The molecule has 0 heterocycles. The van der Waals surface area contributed by atoms with Gasteiger partial charge in [-0.25, -0.2) is 0 Å². The van der Waals surface area contributed by atoms with E-state index in [1.807, 2.05) is 0 Å². The largest absolute Gasteiger partial charge is 0.390 e. The first-order valence-corrected chi connectivity index (χ1v) is 9.72. The van der Waals surface area contributed by atoms with Crippen LogP contribution in [0.15, 0.2) is 12.7 Å². The molecular formula is C13H26OSi. The summed E-state index contributed by atoms with van der Waals surface area (Å²) in [7, 11) is -1.11. The Bertz CT molecular complexity index is 205. The average Bonchev–Trinajstić information content (AvgIpc) is 2.17. The lowest BCUT2D eigenvalue weighted by Gasteiger charge is -2.34. The van der Waals surface area contributed by atoms with Gasteiger partial charge in [-0.2, -0.15) is 0 Å². The molecule has 0 bridgehead atoms. The van der Waals surface area contributed by atoms with Gasteiger partial charge in [0.2, 0.25) is 0 Å². The fourth-order valence-electron chi connectivity index (χ4n) is 2.52. The molecule has 0 unspecified atom stereocenters. The van der Waals surface area contributed by atoms with Crippen molar-refractivity contribution in [3.05, 3.63) is 12.7 Å². The summed E-state index contributed by atoms with van der Waals surface area (Å²) in [6.45, 7) is 8.64. The van der Waals surface area contributed by atoms with E-state index in [1.165, 1.54) is 31.4 Å². The molecule has 0 amide bonds. The third kappa shape index (κ3) is 4.52. The molecule has 0 spiro atoms. The van der Waals surface area contributed by atoms with E-state index in [2.05, 4.69) is 25.7 Å². The molecule has 0 aliphatic heterocycles. The third-order valence-electron chi connectivity index (χ3n) is 3.75. The van der Waals surface area contributed by atoms with E-state index in [4.69, 9.17) is 0 Å². The highest BCUT2D eigenvalue weighted by Gasteiger charge is 2.31. The van der Waals surface area contributed by atoms with Crippen LogP contribution in [0.2, 0.25) is 25.2 Å². The second kappa shape index (κ2) is 5.31. The van der Waals surface area contributed by atoms with E-state index in [0.717, 1.165) is 19.3 Å². The summed E-state index contributed by atoms with van der Waals surface area (Å²) in [5, 5.41) is 10.4. The Hall–Kier alpha value is -0.0831. The van der Waals surface area contributed by atoms with E-state index >= 15 is 0 Å². The van der Waals surface area contributed by atoms with Gasteiger partial charge in [-0.3, -0.25) is 0 Å². The van der Waals surface area contributed by atoms with Crippen LogP contribution >= 0.6 is 0 Å². The smallest absolute Gasteiger partial charge is 0.0645 e. The minimum atomic E-state index is -1.11. The van der Waals surface area contributed by atoms with Crippen molar-refractivity contribution in [3.63, 3.8) is 0 Å². The molecule has 0 aromatic heterocycles. The molecule has 2 heteroatoms. The van der Waals surface area contributed by atoms with Gasteiger partial charge in [-0.05, 0) is 25.3 Å². The van der Waals surface area contributed by atoms with Crippen LogP contribution in [0.1, 0.15) is 38.5 Å². The summed E-state index contributed by atoms with van der Waals surface area (Å²) in [6, 6.07) is 2.43. The predicted octanol–water partition coefficient (Wildman–Crippen LogP) is 3.97. The molecule has 0 aromatic carbocycles. The van der Waals surface area contributed by atoms with E-state index in [-0.39, 0.29) is 5.60 Å². The number of aliphatic hydroxyl groups is 1. The molecule has 0 saturated heterocycles. The van der Waals surface area contributed by atoms with Crippen molar-refractivity contribution in [2.75, 3.05) is 0 Å². The van der Waals surface area contributed by atoms with Gasteiger partial charge in [0, 0.05) is 0 Å². The van der Waals surface area contributed by atoms with Gasteiger partial charge in [0.15, 0.2) is 0 Å². The van der Waals surface area contributed by atoms with Crippen molar-refractivity contribution in [3.8, 4) is 0 Å². The van der Waals surface area contributed by atoms with Crippen LogP contribution in [0.5, 0.6) is 0 Å². The predicted molar refractivity (Wildman–Crippen MR) is 69.9 cm³/mol. The molecule has 0 aromatic rings. The summed E-state index contributed by atoms with van der Waals surface area (Å²) in [4.78, 5) is 0. The van der Waals surface area contributed by atoms with Crippen LogP contribution in [0.3, 0.4) is 0 Å². The van der Waals surface area contributed by atoms with Crippen LogP contribution in [0, 0.1) is 0 Å². The normalized spacial score (nSPS) is 21.3. The molecule has 1 N–H and O–H groups in total. The number of hydrogen-bond donors (Lipinski definition) is 1. The minimum Gasteiger partial charge on any atom is -0.390 e. The maximum Gasteiger partial charge on any atom is 0.0645 e. The van der Waals surface area contributed by atoms with Crippen LogP contribution in [-0.2, 0) is 0 Å². The molecule has 0 atom stereocenters. The first-order chi connectivity index (χ1) is 6.97. The SMILES string of the molecule is C=CC[Si](C)(C)CCC1(O)CCCCC1. The van der Waals surface area contributed by atoms with Gasteiger partial charge in [-0.1, -0.05) is 44.5 Å². The highest BCUT2D eigenvalue weighted by atomic mass is 28.3. The maximum absolute atomic E-state index is 10.4. The summed E-state index contributed by atoms with van der Waals surface area (Å²) >= 11 is 0. The third-order valence-corrected chi connectivity index (χ3v) is 6.75. The summed E-state index contributed by atoms with van der Waals surface area (Å²) in [5.41, 5.74) is -0.316. The molecule has 1 saturated carbocycles. The topological polar surface area (TPSA) is 20.2 Å². The highest BCUT2D eigenvalue weighted by Crippen LogP contribution is 2.34. The van der Waals surface area contributed by atoms with E-state index in [1.54, 1.807) is 0 Å². The van der Waals surface area contributed by atoms with Gasteiger partial charge < -0.3 is 5.11 Å². The van der Waals surface area contributed by atoms with Crippen molar-refractivity contribution >= 4 is 8.07 Å². The second-order valence-electron chi connectivity index (χ2n) is 5.94. The lowest BCUT2D eigenvalue weighted by atomic mass is 9.83. The summed E-state index contributed by atoms with van der Waals surface area (Å²) in [5.74, 6) is 0.